The lowest BCUT2D eigenvalue weighted by Crippen LogP contribution is -2.51. The first-order chi connectivity index (χ1) is 19.1. The van der Waals surface area contributed by atoms with Gasteiger partial charge in [-0.15, -0.1) is 0 Å². The Bertz CT molecular complexity index is 1350. The van der Waals surface area contributed by atoms with E-state index in [9.17, 15) is 18.0 Å². The van der Waals surface area contributed by atoms with Crippen molar-refractivity contribution in [3.63, 3.8) is 0 Å². The smallest absolute Gasteiger partial charge is 0.243 e. The van der Waals surface area contributed by atoms with Gasteiger partial charge in [0.15, 0.2) is 0 Å². The fraction of sp³-hybridized carbons (Fsp3) is 0.355. The number of rotatable bonds is 14. The number of benzene rings is 3. The minimum absolute atomic E-state index is 0.0822. The molecule has 8 nitrogen and oxygen atoms in total. The predicted molar refractivity (Wildman–Crippen MR) is 156 cm³/mol. The van der Waals surface area contributed by atoms with E-state index in [-0.39, 0.29) is 42.3 Å². The van der Waals surface area contributed by atoms with Crippen LogP contribution in [0, 0.1) is 0 Å². The number of hydrogen-bond acceptors (Lipinski definition) is 5. The molecular weight excluding hydrogens is 526 g/mol. The summed E-state index contributed by atoms with van der Waals surface area (Å²) in [6, 6.07) is 24.4. The van der Waals surface area contributed by atoms with Crippen LogP contribution in [-0.4, -0.2) is 62.2 Å². The molecule has 0 heterocycles. The van der Waals surface area contributed by atoms with E-state index in [4.69, 9.17) is 4.74 Å². The molecule has 1 atom stereocenters. The molecule has 40 heavy (non-hydrogen) atoms. The monoisotopic (exact) mass is 565 g/mol. The maximum atomic E-state index is 13.8. The molecule has 0 bridgehead atoms. The van der Waals surface area contributed by atoms with Crippen molar-refractivity contribution < 1.29 is 22.7 Å². The van der Waals surface area contributed by atoms with E-state index in [1.807, 2.05) is 68.4 Å². The first-order valence-corrected chi connectivity index (χ1v) is 14.8. The summed E-state index contributed by atoms with van der Waals surface area (Å²) < 4.78 is 32.5. The maximum absolute atomic E-state index is 13.8. The van der Waals surface area contributed by atoms with Gasteiger partial charge in [0, 0.05) is 39.0 Å². The molecule has 0 saturated carbocycles. The third-order valence-electron chi connectivity index (χ3n) is 6.50. The fourth-order valence-corrected chi connectivity index (χ4v) is 5.62. The Morgan fingerprint density at radius 1 is 0.900 bits per heavy atom. The molecule has 3 aromatic carbocycles. The van der Waals surface area contributed by atoms with Crippen molar-refractivity contribution in [2.75, 3.05) is 20.7 Å². The van der Waals surface area contributed by atoms with Crippen LogP contribution >= 0.6 is 0 Å². The molecule has 0 aliphatic rings. The Balaban J connectivity index is 1.84. The van der Waals surface area contributed by atoms with Crippen molar-refractivity contribution in [1.82, 2.24) is 14.5 Å². The number of carbonyl (C=O) groups excluding carboxylic acids is 2. The van der Waals surface area contributed by atoms with Gasteiger partial charge in [0.25, 0.3) is 0 Å². The van der Waals surface area contributed by atoms with E-state index in [0.717, 1.165) is 11.1 Å². The first kappa shape index (κ1) is 30.8. The Labute approximate surface area is 238 Å². The van der Waals surface area contributed by atoms with E-state index >= 15 is 0 Å². The van der Waals surface area contributed by atoms with Crippen LogP contribution in [0.25, 0.3) is 0 Å². The van der Waals surface area contributed by atoms with Crippen LogP contribution in [0.4, 0.5) is 0 Å². The lowest BCUT2D eigenvalue weighted by molar-refractivity contribution is -0.141. The molecule has 0 unspecified atom stereocenters. The number of ether oxygens (including phenoxy) is 1. The van der Waals surface area contributed by atoms with Crippen LogP contribution in [0.3, 0.4) is 0 Å². The van der Waals surface area contributed by atoms with Gasteiger partial charge >= 0.3 is 0 Å². The summed E-state index contributed by atoms with van der Waals surface area (Å²) in [5.74, 6) is 0.191. The third-order valence-corrected chi connectivity index (χ3v) is 8.38. The van der Waals surface area contributed by atoms with Gasteiger partial charge < -0.3 is 15.0 Å². The number of carbonyl (C=O) groups is 2. The minimum Gasteiger partial charge on any atom is -0.497 e. The Hall–Kier alpha value is -3.69. The van der Waals surface area contributed by atoms with E-state index in [1.165, 1.54) is 11.4 Å². The van der Waals surface area contributed by atoms with Crippen molar-refractivity contribution in [1.29, 1.82) is 0 Å². The average molecular weight is 566 g/mol. The second-order valence-corrected chi connectivity index (χ2v) is 12.0. The quantitative estimate of drug-likeness (QED) is 0.315. The highest BCUT2D eigenvalue weighted by atomic mass is 32.2. The first-order valence-electron chi connectivity index (χ1n) is 13.4. The molecular formula is C31H39N3O5S. The van der Waals surface area contributed by atoms with E-state index in [2.05, 4.69) is 5.32 Å². The summed E-state index contributed by atoms with van der Waals surface area (Å²) in [7, 11) is -0.578. The summed E-state index contributed by atoms with van der Waals surface area (Å²) in [4.78, 5) is 29.0. The highest BCUT2D eigenvalue weighted by Gasteiger charge is 2.31. The number of nitrogens with zero attached hydrogens (tertiary/aromatic N) is 2. The van der Waals surface area contributed by atoms with Crippen LogP contribution in [0.15, 0.2) is 89.8 Å². The van der Waals surface area contributed by atoms with Gasteiger partial charge in [0.2, 0.25) is 21.8 Å². The molecule has 3 rings (SSSR count). The zero-order valence-corrected chi connectivity index (χ0v) is 24.4. The second-order valence-electron chi connectivity index (χ2n) is 9.99. The molecule has 3 aromatic rings. The van der Waals surface area contributed by atoms with Crippen LogP contribution in [-0.2, 0) is 32.6 Å². The predicted octanol–water partition coefficient (Wildman–Crippen LogP) is 4.26. The summed E-state index contributed by atoms with van der Waals surface area (Å²) in [5, 5.41) is 2.97. The normalized spacial score (nSPS) is 12.2. The van der Waals surface area contributed by atoms with Gasteiger partial charge in [-0.05, 0) is 55.7 Å². The molecule has 0 radical (unpaired) electrons. The molecule has 0 aromatic heterocycles. The molecule has 214 valence electrons. The van der Waals surface area contributed by atoms with Crippen molar-refractivity contribution >= 4 is 21.8 Å². The molecule has 1 N–H and O–H groups in total. The highest BCUT2D eigenvalue weighted by molar-refractivity contribution is 7.89. The number of nitrogens with one attached hydrogen (secondary N) is 1. The van der Waals surface area contributed by atoms with Crippen LogP contribution in [0.5, 0.6) is 5.75 Å². The zero-order chi connectivity index (χ0) is 29.1. The van der Waals surface area contributed by atoms with Gasteiger partial charge in [-0.1, -0.05) is 60.7 Å². The number of methoxy groups -OCH3 is 1. The molecule has 0 spiro atoms. The molecule has 0 aliphatic heterocycles. The zero-order valence-electron chi connectivity index (χ0n) is 23.6. The van der Waals surface area contributed by atoms with Gasteiger partial charge in [0.1, 0.15) is 11.8 Å². The van der Waals surface area contributed by atoms with Crippen LogP contribution in [0.1, 0.15) is 37.8 Å². The summed E-state index contributed by atoms with van der Waals surface area (Å²) in [5.41, 5.74) is 1.76. The number of amides is 2. The summed E-state index contributed by atoms with van der Waals surface area (Å²) in [6.45, 7) is 4.14. The second kappa shape index (κ2) is 14.6. The average Bonchev–Trinajstić information content (AvgIpc) is 2.95. The number of hydrogen-bond donors (Lipinski definition) is 1. The highest BCUT2D eigenvalue weighted by Crippen LogP contribution is 2.20. The van der Waals surface area contributed by atoms with Gasteiger partial charge in [-0.3, -0.25) is 9.59 Å². The SMILES string of the molecule is COc1cccc(CN(C(=O)CCCN(C)S(=O)(=O)c2ccccc2)[C@H](Cc2ccccc2)C(=O)NC(C)C)c1. The Kier molecular flexibility index (Phi) is 11.3. The molecule has 9 heteroatoms. The third kappa shape index (κ3) is 8.66. The largest absolute Gasteiger partial charge is 0.497 e. The van der Waals surface area contributed by atoms with Crippen molar-refractivity contribution in [2.24, 2.45) is 0 Å². The summed E-state index contributed by atoms with van der Waals surface area (Å²) >= 11 is 0. The molecule has 0 saturated heterocycles. The maximum Gasteiger partial charge on any atom is 0.243 e. The molecule has 0 aliphatic carbocycles. The minimum atomic E-state index is -3.67. The molecule has 0 fully saturated rings. The van der Waals surface area contributed by atoms with Crippen molar-refractivity contribution in [2.45, 2.75) is 56.6 Å². The van der Waals surface area contributed by atoms with Crippen LogP contribution in [0.2, 0.25) is 0 Å². The standard InChI is InChI=1S/C31H39N3O5S/c1-24(2)32-31(36)29(22-25-13-7-5-8-14-25)34(23-26-15-11-16-27(21-26)39-4)30(35)19-12-20-33(3)40(37,38)28-17-9-6-10-18-28/h5-11,13-18,21,24,29H,12,19-20,22-23H2,1-4H3,(H,32,36)/t29-/m1/s1. The lowest BCUT2D eigenvalue weighted by atomic mass is 10.0. The topological polar surface area (TPSA) is 96.0 Å². The van der Waals surface area contributed by atoms with E-state index < -0.39 is 16.1 Å². The number of sulfonamides is 1. The van der Waals surface area contributed by atoms with E-state index in [0.29, 0.717) is 18.6 Å². The Morgan fingerprint density at radius 2 is 1.52 bits per heavy atom. The van der Waals surface area contributed by atoms with Gasteiger partial charge in [0.05, 0.1) is 12.0 Å². The van der Waals surface area contributed by atoms with Crippen molar-refractivity contribution in [3.8, 4) is 5.75 Å². The lowest BCUT2D eigenvalue weighted by Gasteiger charge is -2.32. The van der Waals surface area contributed by atoms with Crippen LogP contribution < -0.4 is 10.1 Å². The van der Waals surface area contributed by atoms with Gasteiger partial charge in [-0.25, -0.2) is 12.7 Å². The van der Waals surface area contributed by atoms with Crippen molar-refractivity contribution in [3.05, 3.63) is 96.1 Å². The van der Waals surface area contributed by atoms with Gasteiger partial charge in [-0.2, -0.15) is 0 Å². The summed E-state index contributed by atoms with van der Waals surface area (Å²) in [6.07, 6.45) is 0.732. The van der Waals surface area contributed by atoms with E-state index in [1.54, 1.807) is 42.3 Å². The fourth-order valence-electron chi connectivity index (χ4n) is 4.39. The Morgan fingerprint density at radius 3 is 2.15 bits per heavy atom. The molecule has 2 amide bonds.